The number of esters is 1. The lowest BCUT2D eigenvalue weighted by molar-refractivity contribution is -0.143. The zero-order valence-electron chi connectivity index (χ0n) is 16.3. The first-order valence-corrected chi connectivity index (χ1v) is 9.29. The Morgan fingerprint density at radius 2 is 2.14 bits per heavy atom. The van der Waals surface area contributed by atoms with Crippen molar-refractivity contribution in [1.82, 2.24) is 14.9 Å². The smallest absolute Gasteiger partial charge is 0.330 e. The van der Waals surface area contributed by atoms with Crippen molar-refractivity contribution in [1.29, 1.82) is 0 Å². The molecule has 0 spiro atoms. The average Bonchev–Trinajstić information content (AvgIpc) is 2.75. The van der Waals surface area contributed by atoms with Crippen LogP contribution in [0.3, 0.4) is 0 Å². The van der Waals surface area contributed by atoms with E-state index in [0.717, 1.165) is 48.5 Å². The number of carbonyl (C=O) groups excluding carboxylic acids is 2. The van der Waals surface area contributed by atoms with Crippen LogP contribution in [0.5, 0.6) is 5.75 Å². The van der Waals surface area contributed by atoms with Crippen LogP contribution in [0.25, 0.3) is 16.6 Å². The maximum atomic E-state index is 12.7. The molecule has 0 fully saturated rings. The Labute approximate surface area is 166 Å². The van der Waals surface area contributed by atoms with Crippen LogP contribution in [0, 0.1) is 0 Å². The number of carbonyl (C=O) groups is 2. The van der Waals surface area contributed by atoms with Gasteiger partial charge < -0.3 is 20.3 Å². The minimum absolute atomic E-state index is 0.232. The number of methoxy groups -OCH3 is 1. The Kier molecular flexibility index (Phi) is 5.97. The number of allylic oxidation sites excluding steroid dienone is 2. The van der Waals surface area contributed by atoms with Gasteiger partial charge in [0.2, 0.25) is 0 Å². The second-order valence-corrected chi connectivity index (χ2v) is 6.89. The third kappa shape index (κ3) is 3.86. The average molecular weight is 401 g/mol. The zero-order chi connectivity index (χ0) is 21.1. The number of fused-ring (bicyclic) bond motifs is 1. The number of aryl methyl sites for hydroxylation is 1. The molecule has 0 aliphatic heterocycles. The van der Waals surface area contributed by atoms with Crippen LogP contribution in [0.1, 0.15) is 41.6 Å². The van der Waals surface area contributed by atoms with E-state index in [1.54, 1.807) is 12.3 Å². The lowest BCUT2D eigenvalue weighted by Gasteiger charge is -2.17. The van der Waals surface area contributed by atoms with Crippen molar-refractivity contribution in [3.8, 4) is 5.75 Å². The molecule has 9 nitrogen and oxygen atoms in total. The molecule has 2 aromatic rings. The predicted molar refractivity (Wildman–Crippen MR) is 105 cm³/mol. The summed E-state index contributed by atoms with van der Waals surface area (Å²) in [5, 5.41) is 22.5. The van der Waals surface area contributed by atoms with Crippen LogP contribution in [0.15, 0.2) is 23.1 Å². The number of hydrogen-bond acceptors (Lipinski definition) is 7. The molecule has 3 N–H and O–H groups in total. The number of pyridine rings is 2. The van der Waals surface area contributed by atoms with Gasteiger partial charge in [-0.3, -0.25) is 14.2 Å². The van der Waals surface area contributed by atoms with Crippen molar-refractivity contribution < 1.29 is 24.5 Å². The van der Waals surface area contributed by atoms with Crippen molar-refractivity contribution in [2.45, 2.75) is 31.7 Å². The molecule has 0 bridgehead atoms. The molecular formula is C20H23N3O6. The molecule has 3 rings (SSSR count). The molecule has 2 heterocycles. The van der Waals surface area contributed by atoms with E-state index < -0.39 is 41.4 Å². The topological polar surface area (TPSA) is 131 Å². The van der Waals surface area contributed by atoms with Gasteiger partial charge in [-0.25, -0.2) is 9.78 Å². The van der Waals surface area contributed by atoms with Gasteiger partial charge in [0.15, 0.2) is 6.04 Å². The summed E-state index contributed by atoms with van der Waals surface area (Å²) in [6, 6.07) is 0.346. The van der Waals surface area contributed by atoms with E-state index in [1.165, 1.54) is 7.05 Å². The third-order valence-corrected chi connectivity index (χ3v) is 5.06. The maximum absolute atomic E-state index is 12.7. The highest BCUT2D eigenvalue weighted by molar-refractivity contribution is 6.03. The molecule has 9 heteroatoms. The lowest BCUT2D eigenvalue weighted by Crippen LogP contribution is -2.45. The van der Waals surface area contributed by atoms with Gasteiger partial charge in [-0.2, -0.15) is 0 Å². The number of aliphatic hydroxyl groups excluding tert-OH is 1. The SMILES string of the molecule is COC(=O)[C@H](CO)NC(=O)c1c(O)c2cc(C3=CCCCC3)cnc2n(C)c1=O. The standard InChI is InChI=1S/C20H23N3O6/c1-23-17-13(8-12(9-21-17)11-6-4-3-5-7-11)16(25)15(19(23)27)18(26)22-14(10-24)20(28)29-2/h6,8-9,14,24-25H,3-5,7,10H2,1-2H3,(H,22,26)/t14-/m0/s1. The second kappa shape index (κ2) is 8.44. The van der Waals surface area contributed by atoms with Gasteiger partial charge in [0.25, 0.3) is 11.5 Å². The van der Waals surface area contributed by atoms with Crippen molar-refractivity contribution >= 4 is 28.5 Å². The first-order valence-electron chi connectivity index (χ1n) is 9.29. The molecular weight excluding hydrogens is 378 g/mol. The van der Waals surface area contributed by atoms with Crippen molar-refractivity contribution in [3.05, 3.63) is 39.8 Å². The van der Waals surface area contributed by atoms with Crippen molar-refractivity contribution in [2.24, 2.45) is 7.05 Å². The number of ether oxygens (including phenoxy) is 1. The highest BCUT2D eigenvalue weighted by Gasteiger charge is 2.27. The highest BCUT2D eigenvalue weighted by atomic mass is 16.5. The zero-order valence-corrected chi connectivity index (χ0v) is 16.3. The Bertz CT molecular complexity index is 1060. The van der Waals surface area contributed by atoms with Gasteiger partial charge >= 0.3 is 5.97 Å². The maximum Gasteiger partial charge on any atom is 0.330 e. The first-order chi connectivity index (χ1) is 13.9. The Morgan fingerprint density at radius 1 is 1.38 bits per heavy atom. The molecule has 1 aliphatic carbocycles. The van der Waals surface area contributed by atoms with Crippen molar-refractivity contribution in [3.63, 3.8) is 0 Å². The number of aromatic hydroxyl groups is 1. The predicted octanol–water partition coefficient (Wildman–Crippen LogP) is 0.860. The van der Waals surface area contributed by atoms with E-state index in [-0.39, 0.29) is 11.0 Å². The lowest BCUT2D eigenvalue weighted by atomic mass is 9.94. The van der Waals surface area contributed by atoms with Gasteiger partial charge in [-0.1, -0.05) is 6.08 Å². The fraction of sp³-hybridized carbons (Fsp3) is 0.400. The summed E-state index contributed by atoms with van der Waals surface area (Å²) in [5.41, 5.74) is 0.859. The fourth-order valence-corrected chi connectivity index (χ4v) is 3.43. The third-order valence-electron chi connectivity index (χ3n) is 5.06. The van der Waals surface area contributed by atoms with Crippen LogP contribution < -0.4 is 10.9 Å². The number of rotatable bonds is 5. The highest BCUT2D eigenvalue weighted by Crippen LogP contribution is 2.31. The second-order valence-electron chi connectivity index (χ2n) is 6.89. The van der Waals surface area contributed by atoms with E-state index in [2.05, 4.69) is 21.1 Å². The molecule has 0 radical (unpaired) electrons. The summed E-state index contributed by atoms with van der Waals surface area (Å²) < 4.78 is 5.66. The van der Waals surface area contributed by atoms with Crippen LogP contribution in [-0.4, -0.2) is 51.4 Å². The largest absolute Gasteiger partial charge is 0.506 e. The molecule has 1 atom stereocenters. The summed E-state index contributed by atoms with van der Waals surface area (Å²) in [5.74, 6) is -2.38. The number of hydrogen-bond donors (Lipinski definition) is 3. The summed E-state index contributed by atoms with van der Waals surface area (Å²) >= 11 is 0. The molecule has 0 aromatic carbocycles. The van der Waals surface area contributed by atoms with Gasteiger partial charge in [0.1, 0.15) is 17.0 Å². The van der Waals surface area contributed by atoms with Gasteiger partial charge in [0.05, 0.1) is 19.1 Å². The summed E-state index contributed by atoms with van der Waals surface area (Å²) in [7, 11) is 2.55. The Balaban J connectivity index is 2.09. The Morgan fingerprint density at radius 3 is 2.76 bits per heavy atom. The molecule has 154 valence electrons. The molecule has 2 aromatic heterocycles. The van der Waals surface area contributed by atoms with Gasteiger partial charge in [0, 0.05) is 13.2 Å². The quantitative estimate of drug-likeness (QED) is 0.633. The number of nitrogens with one attached hydrogen (secondary N) is 1. The molecule has 0 unspecified atom stereocenters. The number of nitrogens with zero attached hydrogens (tertiary/aromatic N) is 2. The molecule has 0 saturated heterocycles. The molecule has 1 amide bonds. The van der Waals surface area contributed by atoms with E-state index in [1.807, 2.05) is 0 Å². The van der Waals surface area contributed by atoms with Crippen molar-refractivity contribution in [2.75, 3.05) is 13.7 Å². The van der Waals surface area contributed by atoms with Crippen LogP contribution >= 0.6 is 0 Å². The van der Waals surface area contributed by atoms with Gasteiger partial charge in [-0.15, -0.1) is 0 Å². The number of aromatic nitrogens is 2. The van der Waals surface area contributed by atoms with E-state index >= 15 is 0 Å². The monoisotopic (exact) mass is 401 g/mol. The normalized spacial score (nSPS) is 14.9. The van der Waals surface area contributed by atoms with Crippen LogP contribution in [-0.2, 0) is 16.6 Å². The minimum Gasteiger partial charge on any atom is -0.506 e. The molecule has 1 aliphatic rings. The van der Waals surface area contributed by atoms with E-state index in [0.29, 0.717) is 0 Å². The van der Waals surface area contributed by atoms with Crippen LogP contribution in [0.2, 0.25) is 0 Å². The summed E-state index contributed by atoms with van der Waals surface area (Å²) in [6.45, 7) is -0.715. The van der Waals surface area contributed by atoms with E-state index in [4.69, 9.17) is 0 Å². The van der Waals surface area contributed by atoms with Crippen LogP contribution in [0.4, 0.5) is 0 Å². The number of amides is 1. The first kappa shape index (κ1) is 20.5. The number of aliphatic hydroxyl groups is 1. The minimum atomic E-state index is -1.36. The molecule has 29 heavy (non-hydrogen) atoms. The van der Waals surface area contributed by atoms with Gasteiger partial charge in [-0.05, 0) is 42.9 Å². The van der Waals surface area contributed by atoms with E-state index in [9.17, 15) is 24.6 Å². The summed E-state index contributed by atoms with van der Waals surface area (Å²) in [6.07, 6.45) is 7.83. The Hall–Kier alpha value is -3.20. The summed E-state index contributed by atoms with van der Waals surface area (Å²) in [4.78, 5) is 41.2. The molecule has 0 saturated carbocycles. The fourth-order valence-electron chi connectivity index (χ4n) is 3.43.